The SMILES string of the molecule is C#CCOC(C)(C)CCOC(C)(C)CCOS(=O)(=O)c1ccc(C)cc1. The topological polar surface area (TPSA) is 61.8 Å². The van der Waals surface area contributed by atoms with Crippen molar-refractivity contribution in [2.45, 2.75) is 63.6 Å². The molecule has 0 aliphatic rings. The van der Waals surface area contributed by atoms with Crippen LogP contribution in [0.25, 0.3) is 0 Å². The first kappa shape index (κ1) is 22.7. The lowest BCUT2D eigenvalue weighted by Gasteiger charge is -2.29. The van der Waals surface area contributed by atoms with Crippen LogP contribution in [0, 0.1) is 19.3 Å². The summed E-state index contributed by atoms with van der Waals surface area (Å²) in [5, 5.41) is 0. The van der Waals surface area contributed by atoms with Crippen molar-refractivity contribution in [1.82, 2.24) is 0 Å². The minimum atomic E-state index is -3.75. The second kappa shape index (κ2) is 9.52. The zero-order valence-electron chi connectivity index (χ0n) is 16.4. The first-order chi connectivity index (χ1) is 12.0. The molecule has 0 unspecified atom stereocenters. The van der Waals surface area contributed by atoms with E-state index in [0.29, 0.717) is 19.4 Å². The van der Waals surface area contributed by atoms with Crippen LogP contribution in [0.15, 0.2) is 29.2 Å². The molecule has 5 nitrogen and oxygen atoms in total. The minimum absolute atomic E-state index is 0.0558. The summed E-state index contributed by atoms with van der Waals surface area (Å²) in [6.45, 7) is 10.4. The number of hydrogen-bond acceptors (Lipinski definition) is 5. The average Bonchev–Trinajstić information content (AvgIpc) is 2.52. The summed E-state index contributed by atoms with van der Waals surface area (Å²) in [6, 6.07) is 6.58. The van der Waals surface area contributed by atoms with Gasteiger partial charge >= 0.3 is 0 Å². The van der Waals surface area contributed by atoms with Crippen LogP contribution in [0.4, 0.5) is 0 Å². The number of rotatable bonds is 11. The average molecular weight is 383 g/mol. The van der Waals surface area contributed by atoms with Crippen molar-refractivity contribution in [1.29, 1.82) is 0 Å². The molecule has 0 radical (unpaired) electrons. The molecule has 0 heterocycles. The van der Waals surface area contributed by atoms with Crippen LogP contribution in [-0.2, 0) is 23.8 Å². The summed E-state index contributed by atoms with van der Waals surface area (Å²) >= 11 is 0. The Balaban J connectivity index is 2.43. The molecule has 0 saturated heterocycles. The molecule has 0 fully saturated rings. The third-order valence-corrected chi connectivity index (χ3v) is 5.32. The van der Waals surface area contributed by atoms with Crippen molar-refractivity contribution in [2.24, 2.45) is 0 Å². The molecule has 0 N–H and O–H groups in total. The molecular formula is C20H30O5S. The molecule has 0 aliphatic carbocycles. The number of benzene rings is 1. The summed E-state index contributed by atoms with van der Waals surface area (Å²) in [5.41, 5.74) is 0.117. The number of hydrogen-bond donors (Lipinski definition) is 0. The van der Waals surface area contributed by atoms with Gasteiger partial charge in [0.2, 0.25) is 0 Å². The van der Waals surface area contributed by atoms with Crippen LogP contribution in [0.1, 0.15) is 46.1 Å². The Morgan fingerprint density at radius 2 is 1.50 bits per heavy atom. The van der Waals surface area contributed by atoms with E-state index in [9.17, 15) is 8.42 Å². The van der Waals surface area contributed by atoms with Gasteiger partial charge in [-0.2, -0.15) is 8.42 Å². The van der Waals surface area contributed by atoms with E-state index in [4.69, 9.17) is 20.1 Å². The maximum absolute atomic E-state index is 12.2. The Kier molecular flexibility index (Phi) is 8.29. The Labute approximate surface area is 158 Å². The highest BCUT2D eigenvalue weighted by Gasteiger charge is 2.24. The monoisotopic (exact) mass is 382 g/mol. The molecule has 0 spiro atoms. The van der Waals surface area contributed by atoms with E-state index >= 15 is 0 Å². The van der Waals surface area contributed by atoms with Gasteiger partial charge in [0.15, 0.2) is 0 Å². The van der Waals surface area contributed by atoms with E-state index in [0.717, 1.165) is 5.56 Å². The van der Waals surface area contributed by atoms with Crippen molar-refractivity contribution in [3.05, 3.63) is 29.8 Å². The van der Waals surface area contributed by atoms with E-state index in [1.807, 2.05) is 34.6 Å². The van der Waals surface area contributed by atoms with Gasteiger partial charge in [0.25, 0.3) is 10.1 Å². The van der Waals surface area contributed by atoms with E-state index in [2.05, 4.69) is 5.92 Å². The second-order valence-corrected chi connectivity index (χ2v) is 9.07. The Morgan fingerprint density at radius 3 is 2.08 bits per heavy atom. The molecular weight excluding hydrogens is 352 g/mol. The summed E-state index contributed by atoms with van der Waals surface area (Å²) in [4.78, 5) is 0.161. The lowest BCUT2D eigenvalue weighted by molar-refractivity contribution is -0.0701. The predicted molar refractivity (Wildman–Crippen MR) is 102 cm³/mol. The van der Waals surface area contributed by atoms with Gasteiger partial charge in [-0.15, -0.1) is 6.42 Å². The first-order valence-corrected chi connectivity index (χ1v) is 10.1. The number of aryl methyl sites for hydroxylation is 1. The van der Waals surface area contributed by atoms with Crippen molar-refractivity contribution in [3.63, 3.8) is 0 Å². The molecule has 0 saturated carbocycles. The zero-order valence-corrected chi connectivity index (χ0v) is 17.2. The summed E-state index contributed by atoms with van der Waals surface area (Å²) in [7, 11) is -3.75. The van der Waals surface area contributed by atoms with Crippen LogP contribution in [-0.4, -0.2) is 39.4 Å². The molecule has 1 aromatic rings. The van der Waals surface area contributed by atoms with Gasteiger partial charge < -0.3 is 9.47 Å². The smallest absolute Gasteiger partial charge is 0.296 e. The highest BCUT2D eigenvalue weighted by atomic mass is 32.2. The zero-order chi connectivity index (χ0) is 19.8. The van der Waals surface area contributed by atoms with Gasteiger partial charge in [-0.3, -0.25) is 4.18 Å². The molecule has 0 atom stereocenters. The number of ether oxygens (including phenoxy) is 2. The Bertz CT molecular complexity index is 697. The standard InChI is InChI=1S/C20H30O5S/c1-7-14-23-19(3,4)12-15-24-20(5,6)13-16-25-26(21,22)18-10-8-17(2)9-11-18/h1,8-11H,12-16H2,2-6H3. The van der Waals surface area contributed by atoms with Crippen LogP contribution in [0.3, 0.4) is 0 Å². The van der Waals surface area contributed by atoms with Crippen LogP contribution in [0.2, 0.25) is 0 Å². The molecule has 0 aromatic heterocycles. The van der Waals surface area contributed by atoms with Gasteiger partial charge in [-0.1, -0.05) is 23.6 Å². The predicted octanol–water partition coefficient (Wildman–Crippen LogP) is 3.70. The fraction of sp³-hybridized carbons (Fsp3) is 0.600. The Morgan fingerprint density at radius 1 is 0.962 bits per heavy atom. The summed E-state index contributed by atoms with van der Waals surface area (Å²) in [5.74, 6) is 2.45. The lowest BCUT2D eigenvalue weighted by atomic mass is 10.0. The fourth-order valence-corrected chi connectivity index (χ4v) is 3.03. The van der Waals surface area contributed by atoms with Crippen LogP contribution in [0.5, 0.6) is 0 Å². The molecule has 1 rings (SSSR count). The van der Waals surface area contributed by atoms with Gasteiger partial charge in [-0.05, 0) is 53.2 Å². The summed E-state index contributed by atoms with van der Waals surface area (Å²) < 4.78 is 40.9. The number of terminal acetylenes is 1. The second-order valence-electron chi connectivity index (χ2n) is 7.45. The largest absolute Gasteiger partial charge is 0.375 e. The third kappa shape index (κ3) is 8.33. The Hall–Kier alpha value is -1.39. The molecule has 1 aromatic carbocycles. The van der Waals surface area contributed by atoms with Crippen molar-refractivity contribution < 1.29 is 22.1 Å². The van der Waals surface area contributed by atoms with Gasteiger partial charge in [0.1, 0.15) is 6.61 Å². The van der Waals surface area contributed by atoms with Gasteiger partial charge in [0.05, 0.1) is 29.3 Å². The fourth-order valence-electron chi connectivity index (χ4n) is 2.12. The first-order valence-electron chi connectivity index (χ1n) is 8.65. The summed E-state index contributed by atoms with van der Waals surface area (Å²) in [6.07, 6.45) is 6.33. The molecule has 6 heteroatoms. The maximum Gasteiger partial charge on any atom is 0.296 e. The van der Waals surface area contributed by atoms with Gasteiger partial charge in [0, 0.05) is 6.42 Å². The van der Waals surface area contributed by atoms with E-state index < -0.39 is 15.7 Å². The third-order valence-electron chi connectivity index (χ3n) is 4.00. The quantitative estimate of drug-likeness (QED) is 0.431. The molecule has 0 amide bonds. The lowest BCUT2D eigenvalue weighted by Crippen LogP contribution is -2.32. The minimum Gasteiger partial charge on any atom is -0.375 e. The molecule has 26 heavy (non-hydrogen) atoms. The molecule has 0 bridgehead atoms. The molecule has 146 valence electrons. The highest BCUT2D eigenvalue weighted by molar-refractivity contribution is 7.86. The van der Waals surface area contributed by atoms with Crippen molar-refractivity contribution >= 4 is 10.1 Å². The van der Waals surface area contributed by atoms with E-state index in [1.165, 1.54) is 0 Å². The van der Waals surface area contributed by atoms with Crippen molar-refractivity contribution in [3.8, 4) is 12.3 Å². The molecule has 0 aliphatic heterocycles. The van der Waals surface area contributed by atoms with E-state index in [1.54, 1.807) is 24.3 Å². The maximum atomic E-state index is 12.2. The van der Waals surface area contributed by atoms with Crippen LogP contribution >= 0.6 is 0 Å². The van der Waals surface area contributed by atoms with Crippen LogP contribution < -0.4 is 0 Å². The van der Waals surface area contributed by atoms with Crippen molar-refractivity contribution in [2.75, 3.05) is 19.8 Å². The van der Waals surface area contributed by atoms with Gasteiger partial charge in [-0.25, -0.2) is 0 Å². The normalized spacial score (nSPS) is 12.8. The van der Waals surface area contributed by atoms with E-state index in [-0.39, 0.29) is 23.7 Å². The highest BCUT2D eigenvalue weighted by Crippen LogP contribution is 2.21.